The van der Waals surface area contributed by atoms with Crippen LogP contribution in [-0.2, 0) is 0 Å². The average Bonchev–Trinajstić information content (AvgIpc) is 1.89. The van der Waals surface area contributed by atoms with Crippen molar-refractivity contribution in [3.8, 4) is 0 Å². The van der Waals surface area contributed by atoms with Gasteiger partial charge in [-0.3, -0.25) is 0 Å². The number of thioether (sulfide) groups is 1. The molecule has 0 aliphatic rings. The molecule has 50 valence electrons. The van der Waals surface area contributed by atoms with Gasteiger partial charge in [0, 0.05) is 0 Å². The van der Waals surface area contributed by atoms with E-state index >= 15 is 0 Å². The van der Waals surface area contributed by atoms with Gasteiger partial charge in [-0.15, -0.1) is 0 Å². The summed E-state index contributed by atoms with van der Waals surface area (Å²) >= 11 is 4.35. The summed E-state index contributed by atoms with van der Waals surface area (Å²) in [5.74, 6) is 2.74. The number of unbranched alkanes of at least 4 members (excludes halogenated alkanes) is 1. The monoisotopic (exact) mass is 138 g/mol. The van der Waals surface area contributed by atoms with Crippen LogP contribution in [0.2, 0.25) is 5.09 Å². The van der Waals surface area contributed by atoms with Gasteiger partial charge in [-0.25, -0.2) is 0 Å². The summed E-state index contributed by atoms with van der Waals surface area (Å²) in [5.41, 5.74) is 0. The normalized spacial score (nSPS) is 10.1. The van der Waals surface area contributed by atoms with Gasteiger partial charge in [-0.05, 0) is 0 Å². The van der Waals surface area contributed by atoms with Crippen LogP contribution in [0.4, 0.5) is 0 Å². The molecule has 0 spiro atoms. The van der Waals surface area contributed by atoms with E-state index in [1.54, 1.807) is 0 Å². The molecular formula is C7H15LiS. The van der Waals surface area contributed by atoms with Gasteiger partial charge >= 0.3 is 72.3 Å². The average molecular weight is 138 g/mol. The predicted molar refractivity (Wildman–Crippen MR) is 47.4 cm³/mol. The van der Waals surface area contributed by atoms with Crippen LogP contribution in [0.3, 0.4) is 0 Å². The van der Waals surface area contributed by atoms with Gasteiger partial charge < -0.3 is 0 Å². The maximum atomic E-state index is 2.25. The number of hydrogen-bond acceptors (Lipinski definition) is 1. The third-order valence-corrected chi connectivity index (χ3v) is 2.44. The standard InChI is InChI=1S/C7H15S.Li/c1-3-5-7-8-6-4-2;/h2-7H2,1H3;. The molecule has 0 nitrogen and oxygen atoms in total. The van der Waals surface area contributed by atoms with Crippen molar-refractivity contribution in [2.75, 3.05) is 11.5 Å². The van der Waals surface area contributed by atoms with Crippen molar-refractivity contribution in [2.45, 2.75) is 31.3 Å². The SMILES string of the molecule is [Li][CH2]CCSCCCC. The zero-order chi connectivity index (χ0) is 6.95. The van der Waals surface area contributed by atoms with Crippen LogP contribution in [0.25, 0.3) is 0 Å². The summed E-state index contributed by atoms with van der Waals surface area (Å²) < 4.78 is 0. The molecule has 2 heteroatoms. The molecule has 0 aromatic carbocycles. The molecule has 0 atom stereocenters. The summed E-state index contributed by atoms with van der Waals surface area (Å²) in [6.07, 6.45) is 4.14. The first-order valence-corrected chi connectivity index (χ1v) is 5.15. The van der Waals surface area contributed by atoms with E-state index in [0.29, 0.717) is 0 Å². The number of rotatable bonds is 6. The second-order valence-electron chi connectivity index (χ2n) is 2.32. The Bertz CT molecular complexity index is 42.2. The second kappa shape index (κ2) is 8.95. The summed E-state index contributed by atoms with van der Waals surface area (Å²) in [4.78, 5) is 0. The zero-order valence-corrected chi connectivity index (χ0v) is 7.47. The van der Waals surface area contributed by atoms with Gasteiger partial charge in [0.1, 0.15) is 0 Å². The molecule has 0 heterocycles. The Balaban J connectivity index is 2.60. The molecule has 0 radical (unpaired) electrons. The molecule has 0 fully saturated rings. The third kappa shape index (κ3) is 8.95. The van der Waals surface area contributed by atoms with Crippen LogP contribution in [-0.4, -0.2) is 29.2 Å². The molecule has 0 saturated carbocycles. The van der Waals surface area contributed by atoms with Crippen LogP contribution in [0, 0.1) is 0 Å². The topological polar surface area (TPSA) is 0 Å². The van der Waals surface area contributed by atoms with Gasteiger partial charge in [-0.2, -0.15) is 0 Å². The van der Waals surface area contributed by atoms with Crippen molar-refractivity contribution < 1.29 is 0 Å². The van der Waals surface area contributed by atoms with E-state index in [1.165, 1.54) is 35.9 Å². The molecule has 0 N–H and O–H groups in total. The Morgan fingerprint density at radius 2 is 1.89 bits per heavy atom. The van der Waals surface area contributed by atoms with Crippen molar-refractivity contribution >= 4 is 29.5 Å². The van der Waals surface area contributed by atoms with Crippen LogP contribution >= 0.6 is 11.8 Å². The molecule has 0 bridgehead atoms. The summed E-state index contributed by atoms with van der Waals surface area (Å²) in [6, 6.07) is 0. The minimum atomic E-state index is 1.35. The fourth-order valence-electron chi connectivity index (χ4n) is 0.595. The molecule has 0 rings (SSSR count). The van der Waals surface area contributed by atoms with E-state index in [4.69, 9.17) is 0 Å². The fraction of sp³-hybridized carbons (Fsp3) is 1.00. The Morgan fingerprint density at radius 1 is 1.22 bits per heavy atom. The third-order valence-electron chi connectivity index (χ3n) is 1.28. The van der Waals surface area contributed by atoms with Crippen molar-refractivity contribution in [2.24, 2.45) is 0 Å². The van der Waals surface area contributed by atoms with Crippen LogP contribution < -0.4 is 0 Å². The maximum absolute atomic E-state index is 2.25. The molecular weight excluding hydrogens is 123 g/mol. The van der Waals surface area contributed by atoms with Crippen LogP contribution in [0.1, 0.15) is 26.2 Å². The summed E-state index contributed by atoms with van der Waals surface area (Å²) in [5, 5.41) is 1.35. The number of hydrogen-bond donors (Lipinski definition) is 0. The minimum absolute atomic E-state index is 1.35. The Labute approximate surface area is 72.4 Å². The van der Waals surface area contributed by atoms with E-state index in [2.05, 4.69) is 36.4 Å². The van der Waals surface area contributed by atoms with Gasteiger partial charge in [0.15, 0.2) is 0 Å². The van der Waals surface area contributed by atoms with Crippen molar-refractivity contribution in [1.29, 1.82) is 0 Å². The van der Waals surface area contributed by atoms with E-state index in [-0.39, 0.29) is 0 Å². The van der Waals surface area contributed by atoms with Crippen molar-refractivity contribution in [3.63, 3.8) is 0 Å². The molecule has 9 heavy (non-hydrogen) atoms. The molecule has 0 aromatic heterocycles. The van der Waals surface area contributed by atoms with Crippen molar-refractivity contribution in [3.05, 3.63) is 0 Å². The van der Waals surface area contributed by atoms with Gasteiger partial charge in [0.2, 0.25) is 0 Å². The predicted octanol–water partition coefficient (Wildman–Crippen LogP) is 2.50. The van der Waals surface area contributed by atoms with E-state index in [0.717, 1.165) is 0 Å². The molecule has 0 saturated heterocycles. The fourth-order valence-corrected chi connectivity index (χ4v) is 1.78. The van der Waals surface area contributed by atoms with Gasteiger partial charge in [0.05, 0.1) is 0 Å². The first kappa shape index (κ1) is 9.95. The van der Waals surface area contributed by atoms with E-state index < -0.39 is 0 Å². The van der Waals surface area contributed by atoms with Crippen LogP contribution in [0.15, 0.2) is 0 Å². The Hall–Kier alpha value is 0.947. The quantitative estimate of drug-likeness (QED) is 0.401. The summed E-state index contributed by atoms with van der Waals surface area (Å²) in [6.45, 7) is 2.25. The molecule has 0 amide bonds. The second-order valence-corrected chi connectivity index (χ2v) is 3.54. The Kier molecular flexibility index (Phi) is 9.89. The molecule has 0 unspecified atom stereocenters. The van der Waals surface area contributed by atoms with E-state index in [1.807, 2.05) is 0 Å². The molecule has 0 aliphatic carbocycles. The molecule has 0 aromatic rings. The first-order chi connectivity index (χ1) is 4.41. The molecule has 0 aliphatic heterocycles. The summed E-state index contributed by atoms with van der Waals surface area (Å²) in [7, 11) is 0. The van der Waals surface area contributed by atoms with Crippen molar-refractivity contribution in [1.82, 2.24) is 0 Å². The van der Waals surface area contributed by atoms with Gasteiger partial charge in [-0.1, -0.05) is 0 Å². The zero-order valence-electron chi connectivity index (χ0n) is 6.65. The first-order valence-electron chi connectivity index (χ1n) is 3.99. The van der Waals surface area contributed by atoms with Crippen LogP contribution in [0.5, 0.6) is 0 Å². The van der Waals surface area contributed by atoms with E-state index in [9.17, 15) is 0 Å². The Morgan fingerprint density at radius 3 is 2.44 bits per heavy atom. The van der Waals surface area contributed by atoms with Gasteiger partial charge in [0.25, 0.3) is 0 Å².